The van der Waals surface area contributed by atoms with E-state index in [2.05, 4.69) is 9.71 Å². The van der Waals surface area contributed by atoms with Crippen molar-refractivity contribution in [2.75, 3.05) is 0 Å². The van der Waals surface area contributed by atoms with Gasteiger partial charge in [-0.25, -0.2) is 17.9 Å². The summed E-state index contributed by atoms with van der Waals surface area (Å²) in [5.41, 5.74) is 1.71. The fourth-order valence-corrected chi connectivity index (χ4v) is 4.40. The molecule has 3 aromatic rings. The van der Waals surface area contributed by atoms with Gasteiger partial charge < -0.3 is 4.42 Å². The molecule has 0 atom stereocenters. The molecular weight excluding hydrogens is 324 g/mol. The Morgan fingerprint density at radius 1 is 1.27 bits per heavy atom. The Kier molecular flexibility index (Phi) is 3.90. The van der Waals surface area contributed by atoms with Gasteiger partial charge in [0.1, 0.15) is 4.21 Å². The molecular formula is C14H14N2O4S2. The first-order valence-electron chi connectivity index (χ1n) is 6.68. The molecule has 0 unspecified atom stereocenters. The highest BCUT2D eigenvalue weighted by atomic mass is 32.2. The summed E-state index contributed by atoms with van der Waals surface area (Å²) in [6.07, 6.45) is 0.809. The molecule has 1 aromatic carbocycles. The summed E-state index contributed by atoms with van der Waals surface area (Å²) in [6.45, 7) is 2.11. The van der Waals surface area contributed by atoms with E-state index in [-0.39, 0.29) is 6.54 Å². The van der Waals surface area contributed by atoms with Crippen molar-refractivity contribution in [3.8, 4) is 0 Å². The Hall–Kier alpha value is -1.90. The molecule has 8 heteroatoms. The zero-order valence-corrected chi connectivity index (χ0v) is 13.4. The van der Waals surface area contributed by atoms with Crippen molar-refractivity contribution in [1.82, 2.24) is 9.71 Å². The van der Waals surface area contributed by atoms with Crippen LogP contribution in [0.1, 0.15) is 17.4 Å². The summed E-state index contributed by atoms with van der Waals surface area (Å²) in [5, 5.41) is 0. The van der Waals surface area contributed by atoms with Gasteiger partial charge in [0.05, 0.1) is 5.52 Å². The highest BCUT2D eigenvalue weighted by molar-refractivity contribution is 7.91. The molecule has 0 amide bonds. The summed E-state index contributed by atoms with van der Waals surface area (Å²) >= 11 is 1.27. The Balaban J connectivity index is 1.78. The van der Waals surface area contributed by atoms with Crippen molar-refractivity contribution < 1.29 is 12.8 Å². The average Bonchev–Trinajstić information content (AvgIpc) is 3.10. The number of aromatic nitrogens is 1. The second-order valence-corrected chi connectivity index (χ2v) is 7.91. The van der Waals surface area contributed by atoms with Crippen molar-refractivity contribution in [3.05, 3.63) is 51.3 Å². The molecule has 2 aromatic heterocycles. The molecule has 0 aliphatic carbocycles. The molecule has 0 aliphatic rings. The largest absolute Gasteiger partial charge is 0.417 e. The Morgan fingerprint density at radius 2 is 2.09 bits per heavy atom. The van der Waals surface area contributed by atoms with E-state index in [9.17, 15) is 13.2 Å². The zero-order chi connectivity index (χ0) is 15.7. The highest BCUT2D eigenvalue weighted by Crippen LogP contribution is 2.22. The van der Waals surface area contributed by atoms with E-state index in [1.54, 1.807) is 24.3 Å². The Morgan fingerprint density at radius 3 is 2.82 bits per heavy atom. The minimum Gasteiger partial charge on any atom is -0.408 e. The third kappa shape index (κ3) is 2.99. The first kappa shape index (κ1) is 15.0. The lowest BCUT2D eigenvalue weighted by Gasteiger charge is -2.04. The molecule has 0 aliphatic heterocycles. The van der Waals surface area contributed by atoms with Crippen LogP contribution in [-0.4, -0.2) is 13.4 Å². The minimum atomic E-state index is -3.53. The van der Waals surface area contributed by atoms with E-state index in [4.69, 9.17) is 4.42 Å². The van der Waals surface area contributed by atoms with E-state index in [1.807, 2.05) is 13.0 Å². The smallest absolute Gasteiger partial charge is 0.408 e. The van der Waals surface area contributed by atoms with Gasteiger partial charge in [0.25, 0.3) is 0 Å². The quantitative estimate of drug-likeness (QED) is 0.746. The number of aromatic amines is 1. The van der Waals surface area contributed by atoms with Crippen LogP contribution in [0.25, 0.3) is 11.1 Å². The number of sulfonamides is 1. The molecule has 2 N–H and O–H groups in total. The molecule has 0 saturated heterocycles. The number of aryl methyl sites for hydroxylation is 1. The molecule has 0 saturated carbocycles. The molecule has 3 rings (SSSR count). The standard InChI is InChI=1S/C14H14N2O4S2/c1-2-10-4-6-13(21-10)22(18,19)15-8-9-3-5-11-12(7-9)20-14(17)16-11/h3-7,15H,2,8H2,1H3,(H,16,17). The molecule has 22 heavy (non-hydrogen) atoms. The van der Waals surface area contributed by atoms with Gasteiger partial charge in [0.15, 0.2) is 5.58 Å². The number of hydrogen-bond donors (Lipinski definition) is 2. The van der Waals surface area contributed by atoms with E-state index in [0.717, 1.165) is 11.3 Å². The van der Waals surface area contributed by atoms with Crippen molar-refractivity contribution in [2.45, 2.75) is 24.1 Å². The number of H-pyrrole nitrogens is 1. The van der Waals surface area contributed by atoms with E-state index in [0.29, 0.717) is 20.9 Å². The Labute approximate surface area is 130 Å². The van der Waals surface area contributed by atoms with Crippen LogP contribution in [0.3, 0.4) is 0 Å². The average molecular weight is 338 g/mol. The lowest BCUT2D eigenvalue weighted by molar-refractivity contribution is 0.554. The lowest BCUT2D eigenvalue weighted by atomic mass is 10.2. The van der Waals surface area contributed by atoms with Crippen molar-refractivity contribution in [3.63, 3.8) is 0 Å². The summed E-state index contributed by atoms with van der Waals surface area (Å²) in [7, 11) is -3.53. The van der Waals surface area contributed by atoms with Crippen LogP contribution in [0.4, 0.5) is 0 Å². The van der Waals surface area contributed by atoms with Crippen LogP contribution in [-0.2, 0) is 23.0 Å². The van der Waals surface area contributed by atoms with Crippen molar-refractivity contribution in [2.24, 2.45) is 0 Å². The lowest BCUT2D eigenvalue weighted by Crippen LogP contribution is -2.22. The maximum absolute atomic E-state index is 12.2. The summed E-state index contributed by atoms with van der Waals surface area (Å²) in [6, 6.07) is 8.49. The fraction of sp³-hybridized carbons (Fsp3) is 0.214. The van der Waals surface area contributed by atoms with Crippen molar-refractivity contribution in [1.29, 1.82) is 0 Å². The molecule has 0 spiro atoms. The maximum atomic E-state index is 12.2. The fourth-order valence-electron chi connectivity index (χ4n) is 2.04. The number of benzene rings is 1. The zero-order valence-electron chi connectivity index (χ0n) is 11.8. The highest BCUT2D eigenvalue weighted by Gasteiger charge is 2.16. The predicted molar refractivity (Wildman–Crippen MR) is 84.6 cm³/mol. The van der Waals surface area contributed by atoms with Gasteiger partial charge in [-0.2, -0.15) is 0 Å². The molecule has 116 valence electrons. The molecule has 0 fully saturated rings. The maximum Gasteiger partial charge on any atom is 0.417 e. The van der Waals surface area contributed by atoms with E-state index >= 15 is 0 Å². The molecule has 0 radical (unpaired) electrons. The van der Waals surface area contributed by atoms with Crippen LogP contribution in [0.5, 0.6) is 0 Å². The number of rotatable bonds is 5. The van der Waals surface area contributed by atoms with Crippen molar-refractivity contribution >= 4 is 32.5 Å². The van der Waals surface area contributed by atoms with E-state index in [1.165, 1.54) is 11.3 Å². The van der Waals surface area contributed by atoms with Gasteiger partial charge in [-0.3, -0.25) is 4.98 Å². The number of hydrogen-bond acceptors (Lipinski definition) is 5. The predicted octanol–water partition coefficient (Wildman–Crippen LogP) is 2.22. The van der Waals surface area contributed by atoms with E-state index < -0.39 is 15.8 Å². The third-order valence-electron chi connectivity index (χ3n) is 3.20. The second kappa shape index (κ2) is 5.71. The first-order valence-corrected chi connectivity index (χ1v) is 8.98. The number of nitrogens with one attached hydrogen (secondary N) is 2. The molecule has 6 nitrogen and oxygen atoms in total. The second-order valence-electron chi connectivity index (χ2n) is 4.74. The van der Waals surface area contributed by atoms with Gasteiger partial charge >= 0.3 is 5.76 Å². The molecule has 2 heterocycles. The summed E-state index contributed by atoms with van der Waals surface area (Å²) in [4.78, 5) is 14.7. The molecule has 0 bridgehead atoms. The first-order chi connectivity index (χ1) is 10.5. The Bertz CT molecular complexity index is 966. The van der Waals surface area contributed by atoms with Crippen LogP contribution in [0.2, 0.25) is 0 Å². The number of fused-ring (bicyclic) bond motifs is 1. The SMILES string of the molecule is CCc1ccc(S(=O)(=O)NCc2ccc3[nH]c(=O)oc3c2)s1. The van der Waals surface area contributed by atoms with Gasteiger partial charge in [-0.15, -0.1) is 11.3 Å². The van der Waals surface area contributed by atoms with Crippen LogP contribution < -0.4 is 10.5 Å². The summed E-state index contributed by atoms with van der Waals surface area (Å²) in [5.74, 6) is -0.529. The van der Waals surface area contributed by atoms with Gasteiger partial charge in [-0.1, -0.05) is 13.0 Å². The minimum absolute atomic E-state index is 0.131. The normalized spacial score (nSPS) is 12.0. The topological polar surface area (TPSA) is 92.2 Å². The van der Waals surface area contributed by atoms with Gasteiger partial charge in [0.2, 0.25) is 10.0 Å². The van der Waals surface area contributed by atoms with Crippen LogP contribution >= 0.6 is 11.3 Å². The third-order valence-corrected chi connectivity index (χ3v) is 6.32. The number of thiophene rings is 1. The number of oxazole rings is 1. The van der Waals surface area contributed by atoms with Gasteiger partial charge in [-0.05, 0) is 36.2 Å². The van der Waals surface area contributed by atoms with Crippen LogP contribution in [0.15, 0.2) is 43.8 Å². The van der Waals surface area contributed by atoms with Gasteiger partial charge in [0, 0.05) is 11.4 Å². The summed E-state index contributed by atoms with van der Waals surface area (Å²) < 4.78 is 32.3. The monoisotopic (exact) mass is 338 g/mol. The van der Waals surface area contributed by atoms with Crippen LogP contribution in [0, 0.1) is 0 Å².